The van der Waals surface area contributed by atoms with E-state index in [-0.39, 0.29) is 5.57 Å². The standard InChI is InChI=1S/C21H16Br2N2O4/c1-3-8-29-18-7-4-13(11-17(18)23)10-15-19(26)24-21(28)25(20(15)27)14-5-6-16(22)12(2)9-14/h3-7,9-11H,1,8H2,2H3,(H,24,26,28)/b15-10+. The second-order valence-corrected chi connectivity index (χ2v) is 7.89. The van der Waals surface area contributed by atoms with Crippen molar-refractivity contribution in [3.8, 4) is 5.75 Å². The van der Waals surface area contributed by atoms with Crippen LogP contribution in [-0.4, -0.2) is 24.5 Å². The van der Waals surface area contributed by atoms with Gasteiger partial charge in [0, 0.05) is 4.47 Å². The molecule has 4 amide bonds. The van der Waals surface area contributed by atoms with E-state index in [2.05, 4.69) is 43.8 Å². The quantitative estimate of drug-likeness (QED) is 0.351. The lowest BCUT2D eigenvalue weighted by molar-refractivity contribution is -0.122. The van der Waals surface area contributed by atoms with Crippen molar-refractivity contribution in [2.24, 2.45) is 0 Å². The van der Waals surface area contributed by atoms with Crippen LogP contribution < -0.4 is 15.0 Å². The van der Waals surface area contributed by atoms with Crippen LogP contribution in [0.25, 0.3) is 6.08 Å². The highest BCUT2D eigenvalue weighted by atomic mass is 79.9. The lowest BCUT2D eigenvalue weighted by Crippen LogP contribution is -2.54. The first-order valence-corrected chi connectivity index (χ1v) is 10.1. The van der Waals surface area contributed by atoms with Gasteiger partial charge in [0.15, 0.2) is 0 Å². The second kappa shape index (κ2) is 8.75. The molecule has 0 aliphatic carbocycles. The van der Waals surface area contributed by atoms with Crippen LogP contribution in [0.3, 0.4) is 0 Å². The highest BCUT2D eigenvalue weighted by Gasteiger charge is 2.36. The molecule has 6 nitrogen and oxygen atoms in total. The van der Waals surface area contributed by atoms with Crippen molar-refractivity contribution >= 4 is 61.5 Å². The minimum absolute atomic E-state index is 0.142. The Morgan fingerprint density at radius 2 is 1.86 bits per heavy atom. The molecule has 1 fully saturated rings. The molecule has 3 rings (SSSR count). The number of urea groups is 1. The first-order valence-electron chi connectivity index (χ1n) is 8.52. The van der Waals surface area contributed by atoms with E-state index in [4.69, 9.17) is 4.74 Å². The van der Waals surface area contributed by atoms with Crippen molar-refractivity contribution in [2.75, 3.05) is 11.5 Å². The number of ether oxygens (including phenoxy) is 1. The van der Waals surface area contributed by atoms with Gasteiger partial charge in [0.25, 0.3) is 11.8 Å². The number of halogens is 2. The maximum Gasteiger partial charge on any atom is 0.335 e. The Morgan fingerprint density at radius 3 is 2.52 bits per heavy atom. The largest absolute Gasteiger partial charge is 0.488 e. The smallest absolute Gasteiger partial charge is 0.335 e. The van der Waals surface area contributed by atoms with E-state index >= 15 is 0 Å². The van der Waals surface area contributed by atoms with Gasteiger partial charge in [-0.3, -0.25) is 14.9 Å². The van der Waals surface area contributed by atoms with Gasteiger partial charge in [0.1, 0.15) is 17.9 Å². The van der Waals surface area contributed by atoms with Gasteiger partial charge in [-0.25, -0.2) is 9.69 Å². The Morgan fingerprint density at radius 1 is 1.10 bits per heavy atom. The summed E-state index contributed by atoms with van der Waals surface area (Å²) in [6.07, 6.45) is 3.06. The van der Waals surface area contributed by atoms with Crippen LogP contribution >= 0.6 is 31.9 Å². The van der Waals surface area contributed by atoms with Crippen LogP contribution in [0.15, 0.2) is 63.6 Å². The number of hydrogen-bond acceptors (Lipinski definition) is 4. The lowest BCUT2D eigenvalue weighted by atomic mass is 10.1. The number of hydrogen-bond donors (Lipinski definition) is 1. The molecule has 1 aliphatic rings. The number of carbonyl (C=O) groups is 3. The number of nitrogens with zero attached hydrogens (tertiary/aromatic N) is 1. The number of carbonyl (C=O) groups excluding carboxylic acids is 3. The number of aryl methyl sites for hydroxylation is 1. The first-order chi connectivity index (χ1) is 13.8. The summed E-state index contributed by atoms with van der Waals surface area (Å²) in [5, 5.41) is 2.22. The fourth-order valence-corrected chi connectivity index (χ4v) is 3.46. The van der Waals surface area contributed by atoms with E-state index < -0.39 is 17.8 Å². The molecule has 8 heteroatoms. The summed E-state index contributed by atoms with van der Waals surface area (Å²) in [6.45, 7) is 5.79. The predicted octanol–water partition coefficient (Wildman–Crippen LogP) is 4.75. The van der Waals surface area contributed by atoms with Crippen molar-refractivity contribution in [1.29, 1.82) is 0 Å². The number of nitrogens with one attached hydrogen (secondary N) is 1. The highest BCUT2D eigenvalue weighted by Crippen LogP contribution is 2.29. The van der Waals surface area contributed by atoms with E-state index in [9.17, 15) is 14.4 Å². The van der Waals surface area contributed by atoms with Crippen molar-refractivity contribution in [1.82, 2.24) is 5.32 Å². The molecule has 0 bridgehead atoms. The van der Waals surface area contributed by atoms with Crippen LogP contribution in [0.4, 0.5) is 10.5 Å². The molecule has 2 aromatic rings. The molecule has 1 saturated heterocycles. The molecule has 0 unspecified atom stereocenters. The SMILES string of the molecule is C=CCOc1ccc(/C=C2\C(=O)NC(=O)N(c3ccc(Br)c(C)c3)C2=O)cc1Br. The third-order valence-electron chi connectivity index (χ3n) is 4.13. The van der Waals surface area contributed by atoms with E-state index in [0.29, 0.717) is 28.1 Å². The number of amides is 4. The minimum Gasteiger partial charge on any atom is -0.488 e. The summed E-state index contributed by atoms with van der Waals surface area (Å²) in [5.41, 5.74) is 1.69. The molecule has 29 heavy (non-hydrogen) atoms. The Balaban J connectivity index is 1.96. The molecule has 0 aromatic heterocycles. The minimum atomic E-state index is -0.784. The van der Waals surface area contributed by atoms with Gasteiger partial charge < -0.3 is 4.74 Å². The summed E-state index contributed by atoms with van der Waals surface area (Å²) in [5.74, 6) is -0.828. The number of imide groups is 2. The van der Waals surface area contributed by atoms with Crippen LogP contribution in [0.2, 0.25) is 0 Å². The zero-order chi connectivity index (χ0) is 21.1. The Hall–Kier alpha value is -2.71. The summed E-state index contributed by atoms with van der Waals surface area (Å²) >= 11 is 6.79. The van der Waals surface area contributed by atoms with Gasteiger partial charge in [0.2, 0.25) is 0 Å². The lowest BCUT2D eigenvalue weighted by Gasteiger charge is -2.26. The van der Waals surface area contributed by atoms with Crippen LogP contribution in [0, 0.1) is 6.92 Å². The highest BCUT2D eigenvalue weighted by molar-refractivity contribution is 9.10. The molecule has 1 N–H and O–H groups in total. The van der Waals surface area contributed by atoms with E-state index in [1.807, 2.05) is 6.92 Å². The van der Waals surface area contributed by atoms with Gasteiger partial charge in [-0.05, 0) is 70.4 Å². The van der Waals surface area contributed by atoms with Gasteiger partial charge in [-0.15, -0.1) is 0 Å². The number of benzene rings is 2. The van der Waals surface area contributed by atoms with Gasteiger partial charge in [-0.1, -0.05) is 34.7 Å². The third-order valence-corrected chi connectivity index (χ3v) is 5.63. The molecule has 0 atom stereocenters. The number of anilines is 1. The fraction of sp³-hybridized carbons (Fsp3) is 0.0952. The summed E-state index contributed by atoms with van der Waals surface area (Å²) in [4.78, 5) is 38.5. The number of barbiturate groups is 1. The maximum absolute atomic E-state index is 13.0. The van der Waals surface area contributed by atoms with Crippen molar-refractivity contribution in [3.63, 3.8) is 0 Å². The van der Waals surface area contributed by atoms with E-state index in [0.717, 1.165) is 14.9 Å². The fourth-order valence-electron chi connectivity index (χ4n) is 2.70. The van der Waals surface area contributed by atoms with Crippen molar-refractivity contribution < 1.29 is 19.1 Å². The molecular formula is C21H16Br2N2O4. The Kier molecular flexibility index (Phi) is 6.34. The monoisotopic (exact) mass is 518 g/mol. The zero-order valence-electron chi connectivity index (χ0n) is 15.4. The molecule has 148 valence electrons. The van der Waals surface area contributed by atoms with Gasteiger partial charge in [-0.2, -0.15) is 0 Å². The molecular weight excluding hydrogens is 504 g/mol. The van der Waals surface area contributed by atoms with E-state index in [1.165, 1.54) is 6.08 Å². The second-order valence-electron chi connectivity index (χ2n) is 6.18. The topological polar surface area (TPSA) is 75.7 Å². The summed E-state index contributed by atoms with van der Waals surface area (Å²) in [6, 6.07) is 9.42. The average Bonchev–Trinajstić information content (AvgIpc) is 2.67. The van der Waals surface area contributed by atoms with Crippen molar-refractivity contribution in [3.05, 3.63) is 74.7 Å². The molecule has 1 heterocycles. The van der Waals surface area contributed by atoms with Crippen LogP contribution in [-0.2, 0) is 9.59 Å². The summed E-state index contributed by atoms with van der Waals surface area (Å²) in [7, 11) is 0. The normalized spacial score (nSPS) is 15.5. The average molecular weight is 520 g/mol. The van der Waals surface area contributed by atoms with Gasteiger partial charge >= 0.3 is 6.03 Å². The Bertz CT molecular complexity index is 1060. The number of rotatable bonds is 5. The zero-order valence-corrected chi connectivity index (χ0v) is 18.5. The van der Waals surface area contributed by atoms with Crippen LogP contribution in [0.5, 0.6) is 5.75 Å². The van der Waals surface area contributed by atoms with Crippen molar-refractivity contribution in [2.45, 2.75) is 6.92 Å². The maximum atomic E-state index is 13.0. The molecule has 2 aromatic carbocycles. The first kappa shape index (κ1) is 21.0. The molecule has 0 spiro atoms. The molecule has 0 radical (unpaired) electrons. The van der Waals surface area contributed by atoms with Gasteiger partial charge in [0.05, 0.1) is 10.2 Å². The third kappa shape index (κ3) is 4.49. The molecule has 0 saturated carbocycles. The Labute approximate surface area is 184 Å². The van der Waals surface area contributed by atoms with Crippen LogP contribution in [0.1, 0.15) is 11.1 Å². The molecule has 1 aliphatic heterocycles. The predicted molar refractivity (Wildman–Crippen MR) is 118 cm³/mol. The summed E-state index contributed by atoms with van der Waals surface area (Å²) < 4.78 is 7.00. The van der Waals surface area contributed by atoms with E-state index in [1.54, 1.807) is 42.5 Å².